The minimum absolute atomic E-state index is 0.111. The third kappa shape index (κ3) is 5.27. The Morgan fingerprint density at radius 3 is 2.84 bits per heavy atom. The van der Waals surface area contributed by atoms with Gasteiger partial charge in [-0.3, -0.25) is 4.79 Å². The number of halogens is 1. The number of esters is 1. The number of nitrogens with one attached hydrogen (secondary N) is 2. The molecule has 2 N–H and O–H groups in total. The summed E-state index contributed by atoms with van der Waals surface area (Å²) in [7, 11) is 3.14. The third-order valence-corrected chi connectivity index (χ3v) is 3.74. The van der Waals surface area contributed by atoms with Crippen LogP contribution in [0.4, 0.5) is 0 Å². The van der Waals surface area contributed by atoms with Crippen molar-refractivity contribution in [2.45, 2.75) is 12.8 Å². The van der Waals surface area contributed by atoms with Crippen LogP contribution in [0.15, 0.2) is 22.7 Å². The molecule has 0 aliphatic heterocycles. The second-order valence-corrected chi connectivity index (χ2v) is 5.61. The van der Waals surface area contributed by atoms with E-state index in [1.165, 1.54) is 7.11 Å². The van der Waals surface area contributed by atoms with Crippen LogP contribution in [0.3, 0.4) is 0 Å². The van der Waals surface area contributed by atoms with Crippen LogP contribution in [0.2, 0.25) is 5.02 Å². The molecule has 1 aromatic heterocycles. The molecular formula is C16H19ClN4O4. The highest BCUT2D eigenvalue weighted by Crippen LogP contribution is 2.20. The van der Waals surface area contributed by atoms with E-state index in [0.717, 1.165) is 13.0 Å². The van der Waals surface area contributed by atoms with Gasteiger partial charge in [-0.15, -0.1) is 0 Å². The van der Waals surface area contributed by atoms with Gasteiger partial charge in [-0.1, -0.05) is 16.8 Å². The molecule has 1 amide bonds. The van der Waals surface area contributed by atoms with Crippen molar-refractivity contribution in [1.82, 2.24) is 20.8 Å². The molecule has 1 heterocycles. The standard InChI is InChI=1S/C16H19ClN4O4/c1-18-6-3-7-19-14(22)15-20-13(21-25-15)9-11-8-10(16(23)24-2)4-5-12(11)17/h4-5,8,18H,3,6-7,9H2,1-2H3,(H,19,22). The number of rotatable bonds is 8. The molecule has 0 radical (unpaired) electrons. The van der Waals surface area contributed by atoms with Gasteiger partial charge in [0.05, 0.1) is 12.7 Å². The molecule has 25 heavy (non-hydrogen) atoms. The monoisotopic (exact) mass is 366 g/mol. The number of ether oxygens (including phenoxy) is 1. The number of aromatic nitrogens is 2. The summed E-state index contributed by atoms with van der Waals surface area (Å²) in [5, 5.41) is 9.91. The highest BCUT2D eigenvalue weighted by Gasteiger charge is 2.16. The lowest BCUT2D eigenvalue weighted by Gasteiger charge is -2.04. The van der Waals surface area contributed by atoms with Gasteiger partial charge in [-0.2, -0.15) is 4.98 Å². The predicted octanol–water partition coefficient (Wildman–Crippen LogP) is 1.44. The maximum atomic E-state index is 11.9. The van der Waals surface area contributed by atoms with Crippen LogP contribution in [0.25, 0.3) is 0 Å². The number of carbonyl (C=O) groups excluding carboxylic acids is 2. The van der Waals surface area contributed by atoms with Crippen LogP contribution in [0.5, 0.6) is 0 Å². The zero-order chi connectivity index (χ0) is 18.2. The first-order valence-corrected chi connectivity index (χ1v) is 8.05. The average molecular weight is 367 g/mol. The van der Waals surface area contributed by atoms with E-state index in [1.54, 1.807) is 18.2 Å². The van der Waals surface area contributed by atoms with Crippen LogP contribution < -0.4 is 10.6 Å². The van der Waals surface area contributed by atoms with Gasteiger partial charge in [0.25, 0.3) is 0 Å². The van der Waals surface area contributed by atoms with Gasteiger partial charge in [-0.05, 0) is 43.8 Å². The van der Waals surface area contributed by atoms with E-state index in [-0.39, 0.29) is 12.3 Å². The quantitative estimate of drug-likeness (QED) is 0.537. The molecule has 0 aliphatic carbocycles. The maximum Gasteiger partial charge on any atom is 0.337 e. The van der Waals surface area contributed by atoms with Crippen LogP contribution in [0, 0.1) is 0 Å². The Kier molecular flexibility index (Phi) is 6.91. The maximum absolute atomic E-state index is 11.9. The molecule has 0 fully saturated rings. The summed E-state index contributed by atoms with van der Waals surface area (Å²) >= 11 is 6.14. The van der Waals surface area contributed by atoms with E-state index in [4.69, 9.17) is 16.1 Å². The molecule has 8 nitrogen and oxygen atoms in total. The van der Waals surface area contributed by atoms with Crippen LogP contribution in [-0.4, -0.2) is 49.3 Å². The van der Waals surface area contributed by atoms with Crippen LogP contribution in [0.1, 0.15) is 38.9 Å². The number of amides is 1. The SMILES string of the molecule is CNCCCNC(=O)c1nc(Cc2cc(C(=O)OC)ccc2Cl)no1. The first-order chi connectivity index (χ1) is 12.0. The summed E-state index contributed by atoms with van der Waals surface area (Å²) in [6.07, 6.45) is 1.01. The van der Waals surface area contributed by atoms with Crippen molar-refractivity contribution in [1.29, 1.82) is 0 Å². The number of methoxy groups -OCH3 is 1. The Balaban J connectivity index is 2.03. The normalized spacial score (nSPS) is 10.5. The number of benzene rings is 1. The molecule has 0 saturated carbocycles. The first-order valence-electron chi connectivity index (χ1n) is 7.67. The molecule has 0 spiro atoms. The van der Waals surface area contributed by atoms with Crippen molar-refractivity contribution in [2.24, 2.45) is 0 Å². The summed E-state index contributed by atoms with van der Waals surface area (Å²) in [6, 6.07) is 4.76. The minimum atomic E-state index is -0.465. The van der Waals surface area contributed by atoms with Crippen molar-refractivity contribution in [3.8, 4) is 0 Å². The van der Waals surface area contributed by atoms with Gasteiger partial charge in [0, 0.05) is 18.0 Å². The Morgan fingerprint density at radius 2 is 2.12 bits per heavy atom. The van der Waals surface area contributed by atoms with E-state index >= 15 is 0 Å². The number of hydrogen-bond donors (Lipinski definition) is 2. The smallest absolute Gasteiger partial charge is 0.337 e. The molecule has 0 aliphatic rings. The highest BCUT2D eigenvalue weighted by molar-refractivity contribution is 6.31. The van der Waals surface area contributed by atoms with Crippen molar-refractivity contribution in [3.63, 3.8) is 0 Å². The molecule has 9 heteroatoms. The summed E-state index contributed by atoms with van der Waals surface area (Å²) in [4.78, 5) is 27.6. The third-order valence-electron chi connectivity index (χ3n) is 3.37. The Hall–Kier alpha value is -2.45. The first kappa shape index (κ1) is 18.9. The summed E-state index contributed by atoms with van der Waals surface area (Å²) in [6.45, 7) is 1.30. The molecule has 0 atom stereocenters. The fraction of sp³-hybridized carbons (Fsp3) is 0.375. The topological polar surface area (TPSA) is 106 Å². The Labute approximate surface area is 149 Å². The van der Waals surface area contributed by atoms with E-state index in [9.17, 15) is 9.59 Å². The molecule has 1 aromatic carbocycles. The molecule has 134 valence electrons. The van der Waals surface area contributed by atoms with Crippen molar-refractivity contribution in [2.75, 3.05) is 27.2 Å². The zero-order valence-electron chi connectivity index (χ0n) is 14.0. The van der Waals surface area contributed by atoms with Gasteiger partial charge in [-0.25, -0.2) is 4.79 Å². The largest absolute Gasteiger partial charge is 0.465 e. The van der Waals surface area contributed by atoms with Gasteiger partial charge in [0.2, 0.25) is 0 Å². The summed E-state index contributed by atoms with van der Waals surface area (Å²) in [5.41, 5.74) is 0.999. The van der Waals surface area contributed by atoms with E-state index < -0.39 is 11.9 Å². The van der Waals surface area contributed by atoms with Crippen LogP contribution >= 0.6 is 11.6 Å². The van der Waals surface area contributed by atoms with Crippen molar-refractivity contribution >= 4 is 23.5 Å². The fourth-order valence-electron chi connectivity index (χ4n) is 2.09. The summed E-state index contributed by atoms with van der Waals surface area (Å²) < 4.78 is 9.65. The van der Waals surface area contributed by atoms with Crippen molar-refractivity contribution < 1.29 is 18.8 Å². The number of hydrogen-bond acceptors (Lipinski definition) is 7. The van der Waals surface area contributed by atoms with Gasteiger partial charge in [0.15, 0.2) is 5.82 Å². The Morgan fingerprint density at radius 1 is 1.32 bits per heavy atom. The van der Waals surface area contributed by atoms with Gasteiger partial charge < -0.3 is 19.9 Å². The lowest BCUT2D eigenvalue weighted by Crippen LogP contribution is -2.26. The lowest BCUT2D eigenvalue weighted by molar-refractivity contribution is 0.0600. The second kappa shape index (κ2) is 9.14. The predicted molar refractivity (Wildman–Crippen MR) is 90.8 cm³/mol. The summed E-state index contributed by atoms with van der Waals surface area (Å²) in [5.74, 6) is -0.707. The fourth-order valence-corrected chi connectivity index (χ4v) is 2.27. The molecule has 0 unspecified atom stereocenters. The highest BCUT2D eigenvalue weighted by atomic mass is 35.5. The molecule has 2 aromatic rings. The molecule has 0 bridgehead atoms. The lowest BCUT2D eigenvalue weighted by atomic mass is 10.1. The second-order valence-electron chi connectivity index (χ2n) is 5.20. The molecular weight excluding hydrogens is 348 g/mol. The van der Waals surface area contributed by atoms with E-state index in [1.807, 2.05) is 7.05 Å². The molecule has 2 rings (SSSR count). The zero-order valence-corrected chi connectivity index (χ0v) is 14.7. The van der Waals surface area contributed by atoms with Crippen LogP contribution in [-0.2, 0) is 11.2 Å². The Bertz CT molecular complexity index is 747. The minimum Gasteiger partial charge on any atom is -0.465 e. The van der Waals surface area contributed by atoms with Gasteiger partial charge >= 0.3 is 17.8 Å². The molecule has 0 saturated heterocycles. The van der Waals surface area contributed by atoms with E-state index in [0.29, 0.717) is 28.5 Å². The van der Waals surface area contributed by atoms with Gasteiger partial charge in [0.1, 0.15) is 0 Å². The van der Waals surface area contributed by atoms with E-state index in [2.05, 4.69) is 25.5 Å². The average Bonchev–Trinajstić information content (AvgIpc) is 3.08. The number of carbonyl (C=O) groups is 2. The van der Waals surface area contributed by atoms with Crippen molar-refractivity contribution in [3.05, 3.63) is 46.1 Å². The number of nitrogens with zero attached hydrogens (tertiary/aromatic N) is 2.